The lowest BCUT2D eigenvalue weighted by atomic mass is 10.1. The molecule has 102 valence electrons. The number of hydrogen-bond donors (Lipinski definition) is 1. The van der Waals surface area contributed by atoms with Crippen LogP contribution in [0.2, 0.25) is 0 Å². The number of aliphatic hydroxyl groups excluding tert-OH is 1. The van der Waals surface area contributed by atoms with Crippen molar-refractivity contribution in [2.24, 2.45) is 5.92 Å². The highest BCUT2D eigenvalue weighted by molar-refractivity contribution is 7.91. The van der Waals surface area contributed by atoms with Gasteiger partial charge in [-0.2, -0.15) is 0 Å². The molecule has 1 N–H and O–H groups in total. The Morgan fingerprint density at radius 2 is 1.79 bits per heavy atom. The smallest absolute Gasteiger partial charge is 0.178 e. The van der Waals surface area contributed by atoms with Crippen LogP contribution in [0, 0.1) is 5.92 Å². The maximum absolute atomic E-state index is 12.3. The maximum atomic E-state index is 12.3. The van der Waals surface area contributed by atoms with E-state index in [4.69, 9.17) is 5.11 Å². The molecular formula is C15H18O3S. The van der Waals surface area contributed by atoms with E-state index in [1.165, 1.54) is 0 Å². The molecule has 0 heterocycles. The van der Waals surface area contributed by atoms with Crippen LogP contribution >= 0.6 is 0 Å². The van der Waals surface area contributed by atoms with Crippen LogP contribution in [-0.4, -0.2) is 25.9 Å². The topological polar surface area (TPSA) is 54.4 Å². The summed E-state index contributed by atoms with van der Waals surface area (Å²) in [4.78, 5) is 0.332. The van der Waals surface area contributed by atoms with Gasteiger partial charge in [0.25, 0.3) is 0 Å². The zero-order valence-corrected chi connectivity index (χ0v) is 11.7. The van der Waals surface area contributed by atoms with Gasteiger partial charge in [0, 0.05) is 6.61 Å². The van der Waals surface area contributed by atoms with Crippen molar-refractivity contribution in [3.63, 3.8) is 0 Å². The van der Waals surface area contributed by atoms with E-state index >= 15 is 0 Å². The lowest BCUT2D eigenvalue weighted by molar-refractivity contribution is 0.235. The molecule has 0 fully saturated rings. The standard InChI is InChI=1S/C15H18O3S/c1-2-12(10-16)11-19(17,18)15-8-7-13-5-3-4-6-14(13)9-15/h3-9,12,16H,2,10-11H2,1H3. The molecule has 0 aliphatic rings. The first kappa shape index (κ1) is 14.0. The number of aliphatic hydroxyl groups is 1. The van der Waals surface area contributed by atoms with Crippen molar-refractivity contribution in [1.29, 1.82) is 0 Å². The summed E-state index contributed by atoms with van der Waals surface area (Å²) in [5, 5.41) is 11.1. The fourth-order valence-corrected chi connectivity index (χ4v) is 3.80. The molecule has 0 aromatic heterocycles. The second kappa shape index (κ2) is 5.72. The molecule has 3 nitrogen and oxygen atoms in total. The summed E-state index contributed by atoms with van der Waals surface area (Å²) in [7, 11) is -3.34. The first-order chi connectivity index (χ1) is 9.06. The van der Waals surface area contributed by atoms with E-state index in [1.807, 2.05) is 37.3 Å². The van der Waals surface area contributed by atoms with Gasteiger partial charge in [0.15, 0.2) is 9.84 Å². The highest BCUT2D eigenvalue weighted by Crippen LogP contribution is 2.21. The van der Waals surface area contributed by atoms with Crippen molar-refractivity contribution in [3.8, 4) is 0 Å². The molecule has 1 unspecified atom stereocenters. The zero-order valence-electron chi connectivity index (χ0n) is 10.9. The second-order valence-corrected chi connectivity index (χ2v) is 6.78. The number of rotatable bonds is 5. The highest BCUT2D eigenvalue weighted by atomic mass is 32.2. The van der Waals surface area contributed by atoms with Crippen molar-refractivity contribution in [3.05, 3.63) is 42.5 Å². The Labute approximate surface area is 113 Å². The predicted octanol–water partition coefficient (Wildman–Crippen LogP) is 2.63. The molecule has 19 heavy (non-hydrogen) atoms. The van der Waals surface area contributed by atoms with Crippen molar-refractivity contribution in [2.45, 2.75) is 18.2 Å². The average Bonchev–Trinajstić information content (AvgIpc) is 2.44. The normalized spacial score (nSPS) is 13.6. The van der Waals surface area contributed by atoms with E-state index in [0.29, 0.717) is 11.3 Å². The highest BCUT2D eigenvalue weighted by Gasteiger charge is 2.20. The number of fused-ring (bicyclic) bond motifs is 1. The minimum absolute atomic E-state index is 0.00165. The van der Waals surface area contributed by atoms with Crippen molar-refractivity contribution >= 4 is 20.6 Å². The Bertz CT molecular complexity index is 658. The summed E-state index contributed by atoms with van der Waals surface area (Å²) in [6, 6.07) is 12.8. The SMILES string of the molecule is CCC(CO)CS(=O)(=O)c1ccc2ccccc2c1. The minimum Gasteiger partial charge on any atom is -0.396 e. The van der Waals surface area contributed by atoms with E-state index in [0.717, 1.165) is 10.8 Å². The van der Waals surface area contributed by atoms with Gasteiger partial charge in [0.1, 0.15) is 0 Å². The first-order valence-corrected chi connectivity index (χ1v) is 8.04. The van der Waals surface area contributed by atoms with Crippen LogP contribution in [0.5, 0.6) is 0 Å². The van der Waals surface area contributed by atoms with Gasteiger partial charge in [-0.1, -0.05) is 43.7 Å². The second-order valence-electron chi connectivity index (χ2n) is 4.75. The van der Waals surface area contributed by atoms with E-state index < -0.39 is 9.84 Å². The number of benzene rings is 2. The van der Waals surface area contributed by atoms with E-state index in [1.54, 1.807) is 12.1 Å². The number of hydrogen-bond acceptors (Lipinski definition) is 3. The Morgan fingerprint density at radius 3 is 2.42 bits per heavy atom. The Balaban J connectivity index is 2.37. The Kier molecular flexibility index (Phi) is 4.22. The van der Waals surface area contributed by atoms with Crippen LogP contribution in [0.3, 0.4) is 0 Å². The maximum Gasteiger partial charge on any atom is 0.178 e. The minimum atomic E-state index is -3.34. The van der Waals surface area contributed by atoms with Gasteiger partial charge in [0.05, 0.1) is 10.6 Å². The van der Waals surface area contributed by atoms with Gasteiger partial charge >= 0.3 is 0 Å². The van der Waals surface area contributed by atoms with Crippen LogP contribution in [-0.2, 0) is 9.84 Å². The molecule has 1 atom stereocenters. The predicted molar refractivity (Wildman–Crippen MR) is 76.9 cm³/mol. The third-order valence-electron chi connectivity index (χ3n) is 3.37. The van der Waals surface area contributed by atoms with Crippen LogP contribution in [0.25, 0.3) is 10.8 Å². The van der Waals surface area contributed by atoms with Crippen molar-refractivity contribution in [1.82, 2.24) is 0 Å². The van der Waals surface area contributed by atoms with Crippen LogP contribution < -0.4 is 0 Å². The van der Waals surface area contributed by atoms with Gasteiger partial charge in [-0.15, -0.1) is 0 Å². The van der Waals surface area contributed by atoms with Gasteiger partial charge < -0.3 is 5.11 Å². The molecule has 0 radical (unpaired) electrons. The molecule has 0 amide bonds. The van der Waals surface area contributed by atoms with Crippen LogP contribution in [0.4, 0.5) is 0 Å². The van der Waals surface area contributed by atoms with Gasteiger partial charge in [-0.25, -0.2) is 8.42 Å². The molecule has 0 bridgehead atoms. The van der Waals surface area contributed by atoms with E-state index in [9.17, 15) is 8.42 Å². The molecule has 0 spiro atoms. The van der Waals surface area contributed by atoms with E-state index in [-0.39, 0.29) is 18.3 Å². The summed E-state index contributed by atoms with van der Waals surface area (Å²) in [6.07, 6.45) is 0.656. The summed E-state index contributed by atoms with van der Waals surface area (Å²) >= 11 is 0. The Morgan fingerprint density at radius 1 is 1.11 bits per heavy atom. The number of sulfone groups is 1. The van der Waals surface area contributed by atoms with Gasteiger partial charge in [-0.05, 0) is 28.8 Å². The molecule has 0 aliphatic heterocycles. The summed E-state index contributed by atoms with van der Waals surface area (Å²) in [5.41, 5.74) is 0. The lowest BCUT2D eigenvalue weighted by Crippen LogP contribution is -2.18. The summed E-state index contributed by atoms with van der Waals surface area (Å²) in [5.74, 6) is -0.199. The summed E-state index contributed by atoms with van der Waals surface area (Å²) < 4.78 is 24.6. The van der Waals surface area contributed by atoms with Crippen LogP contribution in [0.15, 0.2) is 47.4 Å². The van der Waals surface area contributed by atoms with Crippen molar-refractivity contribution in [2.75, 3.05) is 12.4 Å². The average molecular weight is 278 g/mol. The monoisotopic (exact) mass is 278 g/mol. The van der Waals surface area contributed by atoms with Gasteiger partial charge in [0.2, 0.25) is 0 Å². The zero-order chi connectivity index (χ0) is 13.9. The molecule has 0 aliphatic carbocycles. The fraction of sp³-hybridized carbons (Fsp3) is 0.333. The molecule has 2 aromatic rings. The molecule has 0 saturated carbocycles. The first-order valence-electron chi connectivity index (χ1n) is 6.39. The van der Waals surface area contributed by atoms with Crippen molar-refractivity contribution < 1.29 is 13.5 Å². The summed E-state index contributed by atoms with van der Waals surface area (Å²) in [6.45, 7) is 1.79. The molecular weight excluding hydrogens is 260 g/mol. The van der Waals surface area contributed by atoms with Crippen LogP contribution in [0.1, 0.15) is 13.3 Å². The molecule has 4 heteroatoms. The quantitative estimate of drug-likeness (QED) is 0.914. The fourth-order valence-electron chi connectivity index (χ4n) is 2.07. The molecule has 2 rings (SSSR count). The third-order valence-corrected chi connectivity index (χ3v) is 5.25. The van der Waals surface area contributed by atoms with Gasteiger partial charge in [-0.3, -0.25) is 0 Å². The largest absolute Gasteiger partial charge is 0.396 e. The third kappa shape index (κ3) is 3.14. The lowest BCUT2D eigenvalue weighted by Gasteiger charge is -2.12. The molecule has 0 saturated heterocycles. The molecule has 2 aromatic carbocycles. The van der Waals surface area contributed by atoms with E-state index in [2.05, 4.69) is 0 Å². The Hall–Kier alpha value is -1.39.